The highest BCUT2D eigenvalue weighted by Crippen LogP contribution is 2.18. The van der Waals surface area contributed by atoms with Gasteiger partial charge in [0.2, 0.25) is 0 Å². The van der Waals surface area contributed by atoms with Gasteiger partial charge >= 0.3 is 0 Å². The van der Waals surface area contributed by atoms with Gasteiger partial charge in [-0.1, -0.05) is 24.3 Å². The van der Waals surface area contributed by atoms with Gasteiger partial charge in [0.1, 0.15) is 11.5 Å². The third kappa shape index (κ3) is 3.91. The molecule has 2 aromatic rings. The Morgan fingerprint density at radius 2 is 2.09 bits per heavy atom. The maximum absolute atomic E-state index is 11.1. The summed E-state index contributed by atoms with van der Waals surface area (Å²) in [7, 11) is 0. The Hall–Kier alpha value is -2.31. The number of fused-ring (bicyclic) bond motifs is 1. The molecule has 1 atom stereocenters. The third-order valence-corrected chi connectivity index (χ3v) is 4.05. The van der Waals surface area contributed by atoms with Crippen LogP contribution in [0.4, 0.5) is 0 Å². The summed E-state index contributed by atoms with van der Waals surface area (Å²) in [6.45, 7) is 2.32. The zero-order chi connectivity index (χ0) is 16.2. The number of rotatable bonds is 5. The summed E-state index contributed by atoms with van der Waals surface area (Å²) in [5, 5.41) is 10.3. The van der Waals surface area contributed by atoms with Gasteiger partial charge in [0.15, 0.2) is 0 Å². The Kier molecular flexibility index (Phi) is 4.64. The van der Waals surface area contributed by atoms with Crippen molar-refractivity contribution >= 4 is 5.91 Å². The van der Waals surface area contributed by atoms with Crippen LogP contribution in [-0.2, 0) is 19.4 Å². The Morgan fingerprint density at radius 3 is 2.87 bits per heavy atom. The maximum Gasteiger partial charge on any atom is 0.267 e. The molecule has 0 spiro atoms. The standard InChI is InChI=1S/C17H20N4O2/c18-17(23)15-5-7-19-16(20-15)9-14(22)11-21-8-6-12-3-1-2-4-13(12)10-21/h1-5,7,14,22H,6,8-11H2,(H2,18,23)/t14-/m0/s1. The zero-order valence-corrected chi connectivity index (χ0v) is 12.9. The minimum absolute atomic E-state index is 0.175. The second-order valence-corrected chi connectivity index (χ2v) is 5.83. The Balaban J connectivity index is 1.59. The molecule has 1 aromatic heterocycles. The van der Waals surface area contributed by atoms with Crippen LogP contribution in [0.3, 0.4) is 0 Å². The Labute approximate surface area is 135 Å². The molecule has 1 aromatic carbocycles. The first kappa shape index (κ1) is 15.6. The molecule has 0 saturated heterocycles. The number of aliphatic hydroxyl groups is 1. The number of amides is 1. The topological polar surface area (TPSA) is 92.3 Å². The molecular weight excluding hydrogens is 292 g/mol. The van der Waals surface area contributed by atoms with Crippen LogP contribution >= 0.6 is 0 Å². The highest BCUT2D eigenvalue weighted by atomic mass is 16.3. The van der Waals surface area contributed by atoms with E-state index >= 15 is 0 Å². The van der Waals surface area contributed by atoms with Crippen molar-refractivity contribution in [1.29, 1.82) is 0 Å². The first-order valence-electron chi connectivity index (χ1n) is 7.71. The van der Waals surface area contributed by atoms with Crippen molar-refractivity contribution in [1.82, 2.24) is 14.9 Å². The van der Waals surface area contributed by atoms with Crippen LogP contribution in [0.5, 0.6) is 0 Å². The minimum atomic E-state index is -0.587. The molecule has 1 aliphatic rings. The summed E-state index contributed by atoms with van der Waals surface area (Å²) in [5.41, 5.74) is 8.09. The summed E-state index contributed by atoms with van der Waals surface area (Å²) in [5.74, 6) is -0.151. The molecule has 6 heteroatoms. The van der Waals surface area contributed by atoms with Gasteiger partial charge in [-0.05, 0) is 23.6 Å². The van der Waals surface area contributed by atoms with Crippen LogP contribution in [0.1, 0.15) is 27.4 Å². The lowest BCUT2D eigenvalue weighted by Gasteiger charge is -2.30. The normalized spacial score (nSPS) is 15.9. The lowest BCUT2D eigenvalue weighted by atomic mass is 9.99. The van der Waals surface area contributed by atoms with E-state index in [0.29, 0.717) is 18.8 Å². The van der Waals surface area contributed by atoms with Crippen LogP contribution in [-0.4, -0.2) is 45.1 Å². The monoisotopic (exact) mass is 312 g/mol. The first-order chi connectivity index (χ1) is 11.1. The van der Waals surface area contributed by atoms with E-state index in [-0.39, 0.29) is 5.69 Å². The van der Waals surface area contributed by atoms with E-state index in [1.165, 1.54) is 23.4 Å². The van der Waals surface area contributed by atoms with Gasteiger partial charge in [0.25, 0.3) is 5.91 Å². The van der Waals surface area contributed by atoms with E-state index in [1.807, 2.05) is 6.07 Å². The van der Waals surface area contributed by atoms with Gasteiger partial charge in [-0.15, -0.1) is 0 Å². The number of carbonyl (C=O) groups is 1. The molecule has 3 rings (SSSR count). The van der Waals surface area contributed by atoms with Crippen molar-refractivity contribution < 1.29 is 9.90 Å². The van der Waals surface area contributed by atoms with Gasteiger partial charge < -0.3 is 10.8 Å². The Bertz CT molecular complexity index is 704. The fraction of sp³-hybridized carbons (Fsp3) is 0.353. The van der Waals surface area contributed by atoms with Gasteiger partial charge in [-0.25, -0.2) is 9.97 Å². The summed E-state index contributed by atoms with van der Waals surface area (Å²) < 4.78 is 0. The number of hydrogen-bond donors (Lipinski definition) is 2. The number of carbonyl (C=O) groups excluding carboxylic acids is 1. The predicted molar refractivity (Wildman–Crippen MR) is 85.7 cm³/mol. The minimum Gasteiger partial charge on any atom is -0.391 e. The van der Waals surface area contributed by atoms with Crippen molar-refractivity contribution in [2.24, 2.45) is 5.73 Å². The number of hydrogen-bond acceptors (Lipinski definition) is 5. The molecule has 0 bridgehead atoms. The molecule has 0 fully saturated rings. The van der Waals surface area contributed by atoms with Gasteiger partial charge in [0.05, 0.1) is 6.10 Å². The molecule has 0 radical (unpaired) electrons. The summed E-state index contributed by atoms with van der Waals surface area (Å²) >= 11 is 0. The van der Waals surface area contributed by atoms with E-state index in [9.17, 15) is 9.90 Å². The highest BCUT2D eigenvalue weighted by molar-refractivity contribution is 5.90. The molecule has 1 aliphatic heterocycles. The van der Waals surface area contributed by atoms with E-state index < -0.39 is 12.0 Å². The highest BCUT2D eigenvalue weighted by Gasteiger charge is 2.19. The number of primary amides is 1. The van der Waals surface area contributed by atoms with E-state index in [1.54, 1.807) is 0 Å². The molecular formula is C17H20N4O2. The fourth-order valence-corrected chi connectivity index (χ4v) is 2.92. The zero-order valence-electron chi connectivity index (χ0n) is 12.9. The number of benzene rings is 1. The van der Waals surface area contributed by atoms with Crippen LogP contribution < -0.4 is 5.73 Å². The van der Waals surface area contributed by atoms with Gasteiger partial charge in [0, 0.05) is 32.3 Å². The molecule has 0 saturated carbocycles. The van der Waals surface area contributed by atoms with Crippen molar-refractivity contribution in [3.8, 4) is 0 Å². The third-order valence-electron chi connectivity index (χ3n) is 4.05. The van der Waals surface area contributed by atoms with E-state index in [4.69, 9.17) is 5.73 Å². The van der Waals surface area contributed by atoms with Crippen LogP contribution in [0.25, 0.3) is 0 Å². The summed E-state index contributed by atoms with van der Waals surface area (Å²) in [6, 6.07) is 9.87. The number of β-amino-alcohol motifs (C(OH)–C–C–N with tert-alkyl or cyclic N) is 1. The maximum atomic E-state index is 11.1. The smallest absolute Gasteiger partial charge is 0.267 e. The van der Waals surface area contributed by atoms with Crippen molar-refractivity contribution in [2.45, 2.75) is 25.5 Å². The van der Waals surface area contributed by atoms with Crippen molar-refractivity contribution in [3.05, 3.63) is 59.2 Å². The molecule has 0 aliphatic carbocycles. The number of nitrogens with two attached hydrogens (primary N) is 1. The molecule has 3 N–H and O–H groups in total. The molecule has 2 heterocycles. The number of aliphatic hydroxyl groups excluding tert-OH is 1. The second kappa shape index (κ2) is 6.85. The van der Waals surface area contributed by atoms with E-state index in [0.717, 1.165) is 19.5 Å². The van der Waals surface area contributed by atoms with Crippen LogP contribution in [0, 0.1) is 0 Å². The van der Waals surface area contributed by atoms with Crippen molar-refractivity contribution in [3.63, 3.8) is 0 Å². The molecule has 6 nitrogen and oxygen atoms in total. The lowest BCUT2D eigenvalue weighted by molar-refractivity contribution is 0.0987. The van der Waals surface area contributed by atoms with Gasteiger partial charge in [-0.2, -0.15) is 0 Å². The van der Waals surface area contributed by atoms with Crippen LogP contribution in [0.2, 0.25) is 0 Å². The average Bonchev–Trinajstić information content (AvgIpc) is 2.55. The first-order valence-corrected chi connectivity index (χ1v) is 7.71. The predicted octanol–water partition coefficient (Wildman–Crippen LogP) is 0.537. The molecule has 1 amide bonds. The van der Waals surface area contributed by atoms with Crippen molar-refractivity contribution in [2.75, 3.05) is 13.1 Å². The summed E-state index contributed by atoms with van der Waals surface area (Å²) in [4.78, 5) is 21.5. The molecule has 23 heavy (non-hydrogen) atoms. The van der Waals surface area contributed by atoms with E-state index in [2.05, 4.69) is 33.1 Å². The average molecular weight is 312 g/mol. The molecule has 120 valence electrons. The molecule has 0 unspecified atom stereocenters. The lowest BCUT2D eigenvalue weighted by Crippen LogP contribution is -2.37. The number of aromatic nitrogens is 2. The van der Waals surface area contributed by atoms with Crippen LogP contribution in [0.15, 0.2) is 36.5 Å². The Morgan fingerprint density at radius 1 is 1.30 bits per heavy atom. The quantitative estimate of drug-likeness (QED) is 0.840. The largest absolute Gasteiger partial charge is 0.391 e. The second-order valence-electron chi connectivity index (χ2n) is 5.83. The summed E-state index contributed by atoms with van der Waals surface area (Å²) in [6.07, 6.45) is 2.21. The van der Waals surface area contributed by atoms with Gasteiger partial charge in [-0.3, -0.25) is 9.69 Å². The number of nitrogens with zero attached hydrogens (tertiary/aromatic N) is 3. The fourth-order valence-electron chi connectivity index (χ4n) is 2.92. The SMILES string of the molecule is NC(=O)c1ccnc(C[C@H](O)CN2CCc3ccccc3C2)n1.